The Bertz CT molecular complexity index is 614. The molecule has 0 unspecified atom stereocenters. The fourth-order valence-electron chi connectivity index (χ4n) is 1.93. The van der Waals surface area contributed by atoms with Crippen molar-refractivity contribution in [3.63, 3.8) is 0 Å². The number of hydrogen-bond acceptors (Lipinski definition) is 4. The molecule has 0 radical (unpaired) electrons. The van der Waals surface area contributed by atoms with E-state index in [0.29, 0.717) is 28.9 Å². The van der Waals surface area contributed by atoms with Crippen LogP contribution in [0.3, 0.4) is 0 Å². The van der Waals surface area contributed by atoms with Crippen LogP contribution < -0.4 is 5.32 Å². The van der Waals surface area contributed by atoms with Gasteiger partial charge in [-0.3, -0.25) is 4.79 Å². The van der Waals surface area contributed by atoms with Crippen LogP contribution in [0, 0.1) is 20.8 Å². The highest BCUT2D eigenvalue weighted by Crippen LogP contribution is 2.27. The predicted octanol–water partition coefficient (Wildman–Crippen LogP) is 3.22. The highest BCUT2D eigenvalue weighted by atomic mass is 35.5. The molecule has 1 heterocycles. The van der Waals surface area contributed by atoms with Crippen LogP contribution in [0.5, 0.6) is 0 Å². The number of nitrogens with zero attached hydrogens (tertiary/aromatic N) is 2. The summed E-state index contributed by atoms with van der Waals surface area (Å²) in [7, 11) is 0. The van der Waals surface area contributed by atoms with Crippen molar-refractivity contribution in [1.82, 2.24) is 10.2 Å². The highest BCUT2D eigenvalue weighted by Gasteiger charge is 2.11. The van der Waals surface area contributed by atoms with Crippen molar-refractivity contribution < 1.29 is 9.21 Å². The number of halogens is 1. The number of anilines is 1. The third-order valence-corrected chi connectivity index (χ3v) is 3.13. The van der Waals surface area contributed by atoms with Crippen molar-refractivity contribution in [1.29, 1.82) is 0 Å². The van der Waals surface area contributed by atoms with Gasteiger partial charge in [-0.25, -0.2) is 0 Å². The molecule has 0 aliphatic heterocycles. The summed E-state index contributed by atoms with van der Waals surface area (Å²) in [5.74, 6) is 0.830. The van der Waals surface area contributed by atoms with E-state index in [9.17, 15) is 4.79 Å². The van der Waals surface area contributed by atoms with Gasteiger partial charge in [0.15, 0.2) is 0 Å². The summed E-state index contributed by atoms with van der Waals surface area (Å²) in [6.45, 7) is 5.59. The summed E-state index contributed by atoms with van der Waals surface area (Å²) in [4.78, 5) is 11.9. The first-order valence-electron chi connectivity index (χ1n) is 6.31. The maximum Gasteiger partial charge on any atom is 0.224 e. The summed E-state index contributed by atoms with van der Waals surface area (Å²) in [6.07, 6.45) is 0.681. The lowest BCUT2D eigenvalue weighted by atomic mass is 10.1. The van der Waals surface area contributed by atoms with E-state index in [4.69, 9.17) is 16.0 Å². The second-order valence-corrected chi connectivity index (χ2v) is 5.11. The molecule has 0 saturated heterocycles. The third kappa shape index (κ3) is 3.57. The quantitative estimate of drug-likeness (QED) is 0.940. The molecule has 0 spiro atoms. The SMILES string of the molecule is Cc1cc(C)c(NC(=O)CCc2nnc(C)o2)c(Cl)c1. The minimum absolute atomic E-state index is 0.130. The Morgan fingerprint density at radius 2 is 2.05 bits per heavy atom. The van der Waals surface area contributed by atoms with Gasteiger partial charge in [-0.1, -0.05) is 17.7 Å². The number of nitrogens with one attached hydrogen (secondary N) is 1. The summed E-state index contributed by atoms with van der Waals surface area (Å²) < 4.78 is 5.22. The summed E-state index contributed by atoms with van der Waals surface area (Å²) in [6, 6.07) is 3.80. The molecule has 2 aromatic rings. The molecule has 0 atom stereocenters. The maximum absolute atomic E-state index is 11.9. The largest absolute Gasteiger partial charge is 0.426 e. The van der Waals surface area contributed by atoms with Crippen LogP contribution in [0.15, 0.2) is 16.5 Å². The van der Waals surface area contributed by atoms with Crippen molar-refractivity contribution >= 4 is 23.2 Å². The third-order valence-electron chi connectivity index (χ3n) is 2.83. The molecular formula is C14H16ClN3O2. The van der Waals surface area contributed by atoms with Gasteiger partial charge in [0.25, 0.3) is 0 Å². The number of carbonyl (C=O) groups is 1. The average Bonchev–Trinajstić information content (AvgIpc) is 2.77. The highest BCUT2D eigenvalue weighted by molar-refractivity contribution is 6.34. The van der Waals surface area contributed by atoms with E-state index in [-0.39, 0.29) is 12.3 Å². The molecule has 0 aliphatic rings. The molecule has 1 amide bonds. The van der Waals surface area contributed by atoms with E-state index in [0.717, 1.165) is 11.1 Å². The van der Waals surface area contributed by atoms with E-state index in [1.54, 1.807) is 6.92 Å². The monoisotopic (exact) mass is 293 g/mol. The number of aryl methyl sites for hydroxylation is 4. The Morgan fingerprint density at radius 3 is 2.65 bits per heavy atom. The van der Waals surface area contributed by atoms with Crippen LogP contribution in [-0.2, 0) is 11.2 Å². The van der Waals surface area contributed by atoms with Gasteiger partial charge >= 0.3 is 0 Å². The van der Waals surface area contributed by atoms with E-state index in [1.807, 2.05) is 26.0 Å². The Labute approximate surface area is 122 Å². The standard InChI is InChI=1S/C14H16ClN3O2/c1-8-6-9(2)14(11(15)7-8)16-12(19)4-5-13-18-17-10(3)20-13/h6-7H,4-5H2,1-3H3,(H,16,19). The van der Waals surface area contributed by atoms with E-state index in [1.165, 1.54) is 0 Å². The molecule has 106 valence electrons. The van der Waals surface area contributed by atoms with Gasteiger partial charge in [0, 0.05) is 19.8 Å². The van der Waals surface area contributed by atoms with Crippen LogP contribution >= 0.6 is 11.6 Å². The molecule has 20 heavy (non-hydrogen) atoms. The molecule has 1 aromatic heterocycles. The van der Waals surface area contributed by atoms with Gasteiger partial charge in [-0.05, 0) is 31.0 Å². The fraction of sp³-hybridized carbons (Fsp3) is 0.357. The number of hydrogen-bond donors (Lipinski definition) is 1. The van der Waals surface area contributed by atoms with Crippen molar-refractivity contribution in [3.8, 4) is 0 Å². The Kier molecular flexibility index (Phi) is 4.39. The smallest absolute Gasteiger partial charge is 0.224 e. The second kappa shape index (κ2) is 6.05. The topological polar surface area (TPSA) is 68.0 Å². The number of aromatic nitrogens is 2. The van der Waals surface area contributed by atoms with Gasteiger partial charge in [0.1, 0.15) is 0 Å². The molecular weight excluding hydrogens is 278 g/mol. The minimum Gasteiger partial charge on any atom is -0.426 e. The second-order valence-electron chi connectivity index (χ2n) is 4.70. The summed E-state index contributed by atoms with van der Waals surface area (Å²) in [5, 5.41) is 10.9. The molecule has 5 nitrogen and oxygen atoms in total. The Morgan fingerprint density at radius 1 is 1.30 bits per heavy atom. The first kappa shape index (κ1) is 14.5. The molecule has 1 N–H and O–H groups in total. The van der Waals surface area contributed by atoms with Crippen molar-refractivity contribution in [2.24, 2.45) is 0 Å². The van der Waals surface area contributed by atoms with Crippen LogP contribution in [0.1, 0.15) is 29.3 Å². The van der Waals surface area contributed by atoms with E-state index < -0.39 is 0 Å². The number of amides is 1. The number of benzene rings is 1. The zero-order valence-electron chi connectivity index (χ0n) is 11.7. The Balaban J connectivity index is 1.98. The first-order chi connectivity index (χ1) is 9.45. The lowest BCUT2D eigenvalue weighted by Gasteiger charge is -2.11. The average molecular weight is 294 g/mol. The van der Waals surface area contributed by atoms with E-state index in [2.05, 4.69) is 15.5 Å². The van der Waals surface area contributed by atoms with Gasteiger partial charge < -0.3 is 9.73 Å². The Hall–Kier alpha value is -1.88. The molecule has 0 bridgehead atoms. The summed E-state index contributed by atoms with van der Waals surface area (Å²) >= 11 is 6.14. The normalized spacial score (nSPS) is 10.6. The maximum atomic E-state index is 11.9. The molecule has 0 fully saturated rings. The lowest BCUT2D eigenvalue weighted by molar-refractivity contribution is -0.116. The van der Waals surface area contributed by atoms with Crippen LogP contribution in [0.2, 0.25) is 5.02 Å². The van der Waals surface area contributed by atoms with Gasteiger partial charge in [0.2, 0.25) is 17.7 Å². The molecule has 2 rings (SSSR count). The number of rotatable bonds is 4. The predicted molar refractivity (Wildman–Crippen MR) is 76.9 cm³/mol. The van der Waals surface area contributed by atoms with Crippen molar-refractivity contribution in [2.45, 2.75) is 33.6 Å². The zero-order valence-corrected chi connectivity index (χ0v) is 12.4. The van der Waals surface area contributed by atoms with Crippen LogP contribution in [-0.4, -0.2) is 16.1 Å². The molecule has 6 heteroatoms. The van der Waals surface area contributed by atoms with Crippen LogP contribution in [0.4, 0.5) is 5.69 Å². The van der Waals surface area contributed by atoms with Gasteiger partial charge in [-0.15, -0.1) is 10.2 Å². The number of carbonyl (C=O) groups excluding carboxylic acids is 1. The van der Waals surface area contributed by atoms with Crippen molar-refractivity contribution in [2.75, 3.05) is 5.32 Å². The van der Waals surface area contributed by atoms with Crippen LogP contribution in [0.25, 0.3) is 0 Å². The first-order valence-corrected chi connectivity index (χ1v) is 6.69. The fourth-order valence-corrected chi connectivity index (χ4v) is 2.30. The molecule has 1 aromatic carbocycles. The molecule has 0 aliphatic carbocycles. The van der Waals surface area contributed by atoms with E-state index >= 15 is 0 Å². The van der Waals surface area contributed by atoms with Gasteiger partial charge in [-0.2, -0.15) is 0 Å². The molecule has 0 saturated carbocycles. The van der Waals surface area contributed by atoms with Crippen molar-refractivity contribution in [3.05, 3.63) is 40.1 Å². The zero-order chi connectivity index (χ0) is 14.7. The summed E-state index contributed by atoms with van der Waals surface area (Å²) in [5.41, 5.74) is 2.66. The van der Waals surface area contributed by atoms with Gasteiger partial charge in [0.05, 0.1) is 10.7 Å². The lowest BCUT2D eigenvalue weighted by Crippen LogP contribution is -2.13. The minimum atomic E-state index is -0.130.